The van der Waals surface area contributed by atoms with Crippen LogP contribution < -0.4 is 5.73 Å². The van der Waals surface area contributed by atoms with Crippen molar-refractivity contribution < 1.29 is 9.53 Å². The number of H-pyrrole nitrogens is 1. The molecule has 0 amide bonds. The topological polar surface area (TPSA) is 81.0 Å². The monoisotopic (exact) mass is 205 g/mol. The van der Waals surface area contributed by atoms with E-state index in [-0.39, 0.29) is 5.97 Å². The second-order valence-corrected chi connectivity index (χ2v) is 3.08. The van der Waals surface area contributed by atoms with Crippen LogP contribution in [0.1, 0.15) is 17.3 Å². The number of fused-ring (bicyclic) bond motifs is 1. The minimum Gasteiger partial charge on any atom is -0.462 e. The molecule has 0 unspecified atom stereocenters. The zero-order chi connectivity index (χ0) is 10.8. The Labute approximate surface area is 86.3 Å². The molecule has 78 valence electrons. The Hall–Kier alpha value is -2.04. The first-order valence-electron chi connectivity index (χ1n) is 4.62. The van der Waals surface area contributed by atoms with E-state index in [0.717, 1.165) is 5.52 Å². The normalized spacial score (nSPS) is 10.5. The SMILES string of the molecule is CCOC(=O)c1cc(N)c2nc[nH]c2c1. The fourth-order valence-electron chi connectivity index (χ4n) is 1.41. The number of benzene rings is 1. The summed E-state index contributed by atoms with van der Waals surface area (Å²) >= 11 is 0. The Morgan fingerprint density at radius 2 is 2.40 bits per heavy atom. The number of carbonyl (C=O) groups is 1. The maximum atomic E-state index is 11.5. The number of aromatic nitrogens is 2. The summed E-state index contributed by atoms with van der Waals surface area (Å²) in [5.74, 6) is -0.374. The largest absolute Gasteiger partial charge is 0.462 e. The third-order valence-electron chi connectivity index (χ3n) is 2.06. The van der Waals surface area contributed by atoms with Gasteiger partial charge in [-0.25, -0.2) is 9.78 Å². The molecule has 2 rings (SSSR count). The van der Waals surface area contributed by atoms with Crippen LogP contribution >= 0.6 is 0 Å². The van der Waals surface area contributed by atoms with Crippen LogP contribution in [0.5, 0.6) is 0 Å². The Morgan fingerprint density at radius 1 is 1.60 bits per heavy atom. The van der Waals surface area contributed by atoms with Crippen molar-refractivity contribution in [2.24, 2.45) is 0 Å². The van der Waals surface area contributed by atoms with Gasteiger partial charge in [0.2, 0.25) is 0 Å². The Balaban J connectivity index is 2.49. The van der Waals surface area contributed by atoms with Gasteiger partial charge in [0, 0.05) is 0 Å². The highest BCUT2D eigenvalue weighted by atomic mass is 16.5. The number of carbonyl (C=O) groups excluding carboxylic acids is 1. The van der Waals surface area contributed by atoms with Crippen LogP contribution in [0, 0.1) is 0 Å². The summed E-state index contributed by atoms with van der Waals surface area (Å²) in [6, 6.07) is 3.25. The summed E-state index contributed by atoms with van der Waals surface area (Å²) in [6.45, 7) is 2.11. The van der Waals surface area contributed by atoms with Gasteiger partial charge in [0.25, 0.3) is 0 Å². The Kier molecular flexibility index (Phi) is 2.29. The van der Waals surface area contributed by atoms with Crippen LogP contribution in [0.2, 0.25) is 0 Å². The highest BCUT2D eigenvalue weighted by Gasteiger charge is 2.10. The molecule has 1 heterocycles. The number of nitrogen functional groups attached to an aromatic ring is 1. The Bertz CT molecular complexity index is 504. The van der Waals surface area contributed by atoms with Crippen LogP contribution in [0.3, 0.4) is 0 Å². The van der Waals surface area contributed by atoms with E-state index in [9.17, 15) is 4.79 Å². The van der Waals surface area contributed by atoms with Crippen LogP contribution in [-0.2, 0) is 4.74 Å². The van der Waals surface area contributed by atoms with Gasteiger partial charge in [-0.05, 0) is 19.1 Å². The zero-order valence-electron chi connectivity index (χ0n) is 8.28. The molecule has 3 N–H and O–H groups in total. The molecule has 0 aliphatic heterocycles. The quantitative estimate of drug-likeness (QED) is 0.572. The zero-order valence-corrected chi connectivity index (χ0v) is 8.28. The van der Waals surface area contributed by atoms with Gasteiger partial charge in [-0.1, -0.05) is 0 Å². The summed E-state index contributed by atoms with van der Waals surface area (Å²) in [6.07, 6.45) is 1.54. The molecule has 0 saturated carbocycles. The van der Waals surface area contributed by atoms with Crippen molar-refractivity contribution in [3.63, 3.8) is 0 Å². The average Bonchev–Trinajstić information content (AvgIpc) is 2.66. The lowest BCUT2D eigenvalue weighted by Gasteiger charge is -2.03. The molecule has 2 aromatic rings. The van der Waals surface area contributed by atoms with Gasteiger partial charge in [0.05, 0.1) is 29.7 Å². The number of rotatable bonds is 2. The smallest absolute Gasteiger partial charge is 0.338 e. The number of hydrogen-bond acceptors (Lipinski definition) is 4. The van der Waals surface area contributed by atoms with Crippen molar-refractivity contribution in [2.75, 3.05) is 12.3 Å². The maximum absolute atomic E-state index is 11.5. The summed E-state index contributed by atoms with van der Waals surface area (Å²) in [5, 5.41) is 0. The van der Waals surface area contributed by atoms with Crippen LogP contribution in [-0.4, -0.2) is 22.5 Å². The number of esters is 1. The van der Waals surface area contributed by atoms with E-state index < -0.39 is 0 Å². The summed E-state index contributed by atoms with van der Waals surface area (Å²) in [5.41, 5.74) is 8.05. The predicted octanol–water partition coefficient (Wildman–Crippen LogP) is 1.32. The molecule has 1 aromatic heterocycles. The molecule has 0 atom stereocenters. The highest BCUT2D eigenvalue weighted by molar-refractivity contribution is 5.98. The molecule has 0 fully saturated rings. The molecule has 5 heteroatoms. The Morgan fingerprint density at radius 3 is 3.13 bits per heavy atom. The first-order valence-corrected chi connectivity index (χ1v) is 4.62. The van der Waals surface area contributed by atoms with E-state index in [1.54, 1.807) is 19.1 Å². The van der Waals surface area contributed by atoms with Gasteiger partial charge in [0.1, 0.15) is 5.52 Å². The first-order chi connectivity index (χ1) is 7.22. The van der Waals surface area contributed by atoms with Gasteiger partial charge in [-0.3, -0.25) is 0 Å². The molecule has 1 aromatic carbocycles. The molecule has 0 radical (unpaired) electrons. The van der Waals surface area contributed by atoms with E-state index in [0.29, 0.717) is 23.4 Å². The lowest BCUT2D eigenvalue weighted by Crippen LogP contribution is -2.05. The molecule has 15 heavy (non-hydrogen) atoms. The standard InChI is InChI=1S/C10H11N3O2/c1-2-15-10(14)6-3-7(11)9-8(4-6)12-5-13-9/h3-5H,2,11H2,1H3,(H,12,13). The number of nitrogens with zero attached hydrogens (tertiary/aromatic N) is 1. The molecule has 0 bridgehead atoms. The van der Waals surface area contributed by atoms with Gasteiger partial charge in [-0.15, -0.1) is 0 Å². The summed E-state index contributed by atoms with van der Waals surface area (Å²) in [7, 11) is 0. The summed E-state index contributed by atoms with van der Waals surface area (Å²) in [4.78, 5) is 18.4. The summed E-state index contributed by atoms with van der Waals surface area (Å²) < 4.78 is 4.88. The maximum Gasteiger partial charge on any atom is 0.338 e. The van der Waals surface area contributed by atoms with Gasteiger partial charge < -0.3 is 15.5 Å². The highest BCUT2D eigenvalue weighted by Crippen LogP contribution is 2.20. The van der Waals surface area contributed by atoms with Gasteiger partial charge in [-0.2, -0.15) is 0 Å². The lowest BCUT2D eigenvalue weighted by atomic mass is 10.1. The van der Waals surface area contributed by atoms with E-state index in [2.05, 4.69) is 9.97 Å². The van der Waals surface area contributed by atoms with Crippen LogP contribution in [0.25, 0.3) is 11.0 Å². The third kappa shape index (κ3) is 1.63. The number of imidazole rings is 1. The second kappa shape index (κ2) is 3.61. The fraction of sp³-hybridized carbons (Fsp3) is 0.200. The lowest BCUT2D eigenvalue weighted by molar-refractivity contribution is 0.0526. The van der Waals surface area contributed by atoms with Crippen molar-refractivity contribution in [1.82, 2.24) is 9.97 Å². The van der Waals surface area contributed by atoms with Crippen LogP contribution in [0.4, 0.5) is 5.69 Å². The molecule has 0 aliphatic carbocycles. The number of anilines is 1. The molecule has 5 nitrogen and oxygen atoms in total. The minimum atomic E-state index is -0.374. The number of hydrogen-bond donors (Lipinski definition) is 2. The molecular formula is C10H11N3O2. The number of nitrogens with two attached hydrogens (primary N) is 1. The van der Waals surface area contributed by atoms with E-state index in [1.165, 1.54) is 6.33 Å². The van der Waals surface area contributed by atoms with Gasteiger partial charge in [0.15, 0.2) is 0 Å². The molecule has 0 aliphatic rings. The van der Waals surface area contributed by atoms with Crippen molar-refractivity contribution in [3.8, 4) is 0 Å². The number of ether oxygens (including phenoxy) is 1. The van der Waals surface area contributed by atoms with Crippen molar-refractivity contribution >= 4 is 22.7 Å². The molecule has 0 saturated heterocycles. The second-order valence-electron chi connectivity index (χ2n) is 3.08. The van der Waals surface area contributed by atoms with E-state index >= 15 is 0 Å². The molecule has 0 spiro atoms. The van der Waals surface area contributed by atoms with Gasteiger partial charge >= 0.3 is 5.97 Å². The van der Waals surface area contributed by atoms with E-state index in [4.69, 9.17) is 10.5 Å². The van der Waals surface area contributed by atoms with E-state index in [1.807, 2.05) is 0 Å². The van der Waals surface area contributed by atoms with Crippen molar-refractivity contribution in [1.29, 1.82) is 0 Å². The van der Waals surface area contributed by atoms with Crippen LogP contribution in [0.15, 0.2) is 18.5 Å². The van der Waals surface area contributed by atoms with Crippen molar-refractivity contribution in [3.05, 3.63) is 24.0 Å². The third-order valence-corrected chi connectivity index (χ3v) is 2.06. The number of aromatic amines is 1. The van der Waals surface area contributed by atoms with Crippen molar-refractivity contribution in [2.45, 2.75) is 6.92 Å². The fourth-order valence-corrected chi connectivity index (χ4v) is 1.41. The first kappa shape index (κ1) is 9.51. The predicted molar refractivity (Wildman–Crippen MR) is 56.5 cm³/mol. The average molecular weight is 205 g/mol. The molecular weight excluding hydrogens is 194 g/mol. The minimum absolute atomic E-state index is 0.347. The number of nitrogens with one attached hydrogen (secondary N) is 1.